The van der Waals surface area contributed by atoms with Crippen LogP contribution >= 0.6 is 0 Å². The van der Waals surface area contributed by atoms with Crippen LogP contribution < -0.4 is 11.1 Å². The molecule has 0 aliphatic heterocycles. The fourth-order valence-corrected chi connectivity index (χ4v) is 1.45. The first-order valence-corrected chi connectivity index (χ1v) is 5.65. The number of carbonyl (C=O) groups excluding carboxylic acids is 1. The van der Waals surface area contributed by atoms with E-state index in [1.807, 2.05) is 13.8 Å². The molecule has 0 aromatic carbocycles. The van der Waals surface area contributed by atoms with E-state index in [9.17, 15) is 4.79 Å². The molecule has 5 nitrogen and oxygen atoms in total. The fraction of sp³-hybridized carbons (Fsp3) is 0.500. The highest BCUT2D eigenvalue weighted by Crippen LogP contribution is 2.14. The van der Waals surface area contributed by atoms with Crippen LogP contribution in [0.3, 0.4) is 0 Å². The molecule has 1 aromatic rings. The highest BCUT2D eigenvalue weighted by atomic mass is 16.3. The number of nitrogen functional groups attached to an aromatic ring is 1. The van der Waals surface area contributed by atoms with Crippen molar-refractivity contribution < 1.29 is 9.90 Å². The second-order valence-corrected chi connectivity index (χ2v) is 4.32. The summed E-state index contributed by atoms with van der Waals surface area (Å²) in [5, 5.41) is 11.8. The van der Waals surface area contributed by atoms with Crippen molar-refractivity contribution in [3.05, 3.63) is 24.0 Å². The van der Waals surface area contributed by atoms with Crippen LogP contribution in [0.4, 0.5) is 5.69 Å². The van der Waals surface area contributed by atoms with Gasteiger partial charge in [-0.3, -0.25) is 4.79 Å². The first-order valence-electron chi connectivity index (χ1n) is 5.65. The Morgan fingerprint density at radius 1 is 1.59 bits per heavy atom. The number of rotatable bonds is 5. The van der Waals surface area contributed by atoms with Crippen LogP contribution in [0.1, 0.15) is 37.2 Å². The van der Waals surface area contributed by atoms with Crippen molar-refractivity contribution in [3.63, 3.8) is 0 Å². The minimum Gasteiger partial charge on any atom is -0.397 e. The molecule has 17 heavy (non-hydrogen) atoms. The summed E-state index contributed by atoms with van der Waals surface area (Å²) in [5.74, 6) is -0.247. The number of amides is 1. The Bertz CT molecular complexity index is 378. The van der Waals surface area contributed by atoms with Gasteiger partial charge in [0, 0.05) is 12.1 Å². The predicted octanol–water partition coefficient (Wildman–Crippen LogP) is 0.945. The summed E-state index contributed by atoms with van der Waals surface area (Å²) in [6.45, 7) is 3.91. The minimum atomic E-state index is -0.408. The summed E-state index contributed by atoms with van der Waals surface area (Å²) in [5.41, 5.74) is 5.95. The van der Waals surface area contributed by atoms with Gasteiger partial charge in [-0.2, -0.15) is 0 Å². The van der Waals surface area contributed by atoms with E-state index in [0.29, 0.717) is 17.8 Å². The zero-order valence-electron chi connectivity index (χ0n) is 10.2. The molecule has 1 rings (SSSR count). The molecule has 1 heterocycles. The Kier molecular flexibility index (Phi) is 4.45. The Morgan fingerprint density at radius 3 is 2.76 bits per heavy atom. The van der Waals surface area contributed by atoms with Crippen LogP contribution in [0.2, 0.25) is 0 Å². The quantitative estimate of drug-likeness (QED) is 0.711. The number of nitrogens with zero attached hydrogens (tertiary/aromatic N) is 1. The Hall–Kier alpha value is -1.62. The summed E-state index contributed by atoms with van der Waals surface area (Å²) in [6, 6.07) is 3.22. The lowest BCUT2D eigenvalue weighted by Gasteiger charge is -2.28. The van der Waals surface area contributed by atoms with Crippen LogP contribution in [0.25, 0.3) is 0 Å². The third-order valence-electron chi connectivity index (χ3n) is 2.88. The molecule has 0 saturated carbocycles. The second-order valence-electron chi connectivity index (χ2n) is 4.32. The van der Waals surface area contributed by atoms with Gasteiger partial charge in [0.25, 0.3) is 5.91 Å². The monoisotopic (exact) mass is 237 g/mol. The molecule has 1 aromatic heterocycles. The van der Waals surface area contributed by atoms with E-state index in [2.05, 4.69) is 10.3 Å². The van der Waals surface area contributed by atoms with E-state index >= 15 is 0 Å². The Balaban J connectivity index is 2.74. The SMILES string of the molecule is CCC(C)(CCO)NC(=O)c1ccc(N)cn1. The summed E-state index contributed by atoms with van der Waals surface area (Å²) in [7, 11) is 0. The molecule has 1 amide bonds. The highest BCUT2D eigenvalue weighted by molar-refractivity contribution is 5.92. The van der Waals surface area contributed by atoms with Crippen molar-refractivity contribution in [2.45, 2.75) is 32.2 Å². The van der Waals surface area contributed by atoms with E-state index in [1.54, 1.807) is 12.1 Å². The zero-order valence-corrected chi connectivity index (χ0v) is 10.2. The number of nitrogens with one attached hydrogen (secondary N) is 1. The van der Waals surface area contributed by atoms with Crippen LogP contribution in [-0.4, -0.2) is 28.1 Å². The van der Waals surface area contributed by atoms with Crippen LogP contribution in [0.5, 0.6) is 0 Å². The van der Waals surface area contributed by atoms with E-state index in [4.69, 9.17) is 10.8 Å². The summed E-state index contributed by atoms with van der Waals surface area (Å²) >= 11 is 0. The Morgan fingerprint density at radius 2 is 2.29 bits per heavy atom. The molecule has 0 fully saturated rings. The number of nitrogens with two attached hydrogens (primary N) is 1. The molecular weight excluding hydrogens is 218 g/mol. The normalized spacial score (nSPS) is 14.1. The number of pyridine rings is 1. The molecule has 4 N–H and O–H groups in total. The number of carbonyl (C=O) groups is 1. The number of aromatic nitrogens is 1. The van der Waals surface area contributed by atoms with Gasteiger partial charge in [0.1, 0.15) is 5.69 Å². The average molecular weight is 237 g/mol. The first-order chi connectivity index (χ1) is 8.00. The fourth-order valence-electron chi connectivity index (χ4n) is 1.45. The van der Waals surface area contributed by atoms with Crippen molar-refractivity contribution in [3.8, 4) is 0 Å². The van der Waals surface area contributed by atoms with Gasteiger partial charge in [-0.25, -0.2) is 4.98 Å². The molecule has 1 unspecified atom stereocenters. The van der Waals surface area contributed by atoms with Gasteiger partial charge < -0.3 is 16.2 Å². The maximum atomic E-state index is 11.9. The number of aliphatic hydroxyl groups excluding tert-OH is 1. The molecule has 0 aliphatic rings. The minimum absolute atomic E-state index is 0.0415. The van der Waals surface area contributed by atoms with Crippen molar-refractivity contribution in [2.24, 2.45) is 0 Å². The van der Waals surface area contributed by atoms with Crippen LogP contribution in [0, 0.1) is 0 Å². The standard InChI is InChI=1S/C12H19N3O2/c1-3-12(2,6-7-16)15-11(17)10-5-4-9(13)8-14-10/h4-5,8,16H,3,6-7,13H2,1-2H3,(H,15,17). The van der Waals surface area contributed by atoms with E-state index in [0.717, 1.165) is 6.42 Å². The molecule has 0 aliphatic carbocycles. The molecule has 0 spiro atoms. The van der Waals surface area contributed by atoms with Crippen LogP contribution in [-0.2, 0) is 0 Å². The predicted molar refractivity (Wildman–Crippen MR) is 66.5 cm³/mol. The van der Waals surface area contributed by atoms with Gasteiger partial charge >= 0.3 is 0 Å². The highest BCUT2D eigenvalue weighted by Gasteiger charge is 2.24. The smallest absolute Gasteiger partial charge is 0.270 e. The van der Waals surface area contributed by atoms with Gasteiger partial charge in [-0.1, -0.05) is 6.92 Å². The molecule has 5 heteroatoms. The van der Waals surface area contributed by atoms with E-state index in [1.165, 1.54) is 6.20 Å². The van der Waals surface area contributed by atoms with Crippen molar-refractivity contribution in [1.82, 2.24) is 10.3 Å². The topological polar surface area (TPSA) is 88.2 Å². The summed E-state index contributed by atoms with van der Waals surface area (Å²) < 4.78 is 0. The molecule has 94 valence electrons. The molecular formula is C12H19N3O2. The number of aliphatic hydroxyl groups is 1. The van der Waals surface area contributed by atoms with Gasteiger partial charge in [0.15, 0.2) is 0 Å². The average Bonchev–Trinajstić information content (AvgIpc) is 2.30. The van der Waals surface area contributed by atoms with Crippen molar-refractivity contribution >= 4 is 11.6 Å². The van der Waals surface area contributed by atoms with Gasteiger partial charge in [0.05, 0.1) is 11.9 Å². The van der Waals surface area contributed by atoms with Gasteiger partial charge in [-0.05, 0) is 31.9 Å². The zero-order chi connectivity index (χ0) is 12.9. The third kappa shape index (κ3) is 3.71. The van der Waals surface area contributed by atoms with Crippen molar-refractivity contribution in [2.75, 3.05) is 12.3 Å². The van der Waals surface area contributed by atoms with E-state index < -0.39 is 5.54 Å². The second kappa shape index (κ2) is 5.63. The van der Waals surface area contributed by atoms with Crippen LogP contribution in [0.15, 0.2) is 18.3 Å². The third-order valence-corrected chi connectivity index (χ3v) is 2.88. The van der Waals surface area contributed by atoms with Crippen molar-refractivity contribution in [1.29, 1.82) is 0 Å². The largest absolute Gasteiger partial charge is 0.397 e. The number of anilines is 1. The first kappa shape index (κ1) is 13.4. The maximum Gasteiger partial charge on any atom is 0.270 e. The molecule has 0 radical (unpaired) electrons. The molecule has 1 atom stereocenters. The summed E-state index contributed by atoms with van der Waals surface area (Å²) in [4.78, 5) is 15.9. The van der Waals surface area contributed by atoms with Gasteiger partial charge in [-0.15, -0.1) is 0 Å². The van der Waals surface area contributed by atoms with E-state index in [-0.39, 0.29) is 12.5 Å². The Labute approximate surface area is 101 Å². The molecule has 0 bridgehead atoms. The van der Waals surface area contributed by atoms with Gasteiger partial charge in [0.2, 0.25) is 0 Å². The lowest BCUT2D eigenvalue weighted by molar-refractivity contribution is 0.0881. The number of hydrogen-bond donors (Lipinski definition) is 3. The molecule has 0 saturated heterocycles. The lowest BCUT2D eigenvalue weighted by Crippen LogP contribution is -2.46. The lowest BCUT2D eigenvalue weighted by atomic mass is 9.94. The number of hydrogen-bond acceptors (Lipinski definition) is 4. The summed E-state index contributed by atoms with van der Waals surface area (Å²) in [6.07, 6.45) is 2.71. The maximum absolute atomic E-state index is 11.9.